The predicted octanol–water partition coefficient (Wildman–Crippen LogP) is 0.0895. The van der Waals surface area contributed by atoms with E-state index in [-0.39, 0.29) is 5.56 Å². The fourth-order valence-corrected chi connectivity index (χ4v) is 0.902. The fraction of sp³-hybridized carbons (Fsp3) is 0. The van der Waals surface area contributed by atoms with Crippen molar-refractivity contribution in [3.63, 3.8) is 0 Å². The molecule has 0 aliphatic rings. The minimum Gasteiger partial charge on any atom is -0.267 e. The van der Waals surface area contributed by atoms with Gasteiger partial charge in [-0.25, -0.2) is 0 Å². The van der Waals surface area contributed by atoms with Gasteiger partial charge in [-0.2, -0.15) is 5.10 Å². The summed E-state index contributed by atoms with van der Waals surface area (Å²) >= 11 is 0. The largest absolute Gasteiger partial charge is 0.276 e. The average molecular weight is 147 g/mol. The van der Waals surface area contributed by atoms with Gasteiger partial charge < -0.3 is 0 Å². The number of hydrogen-bond donors (Lipinski definition) is 0. The van der Waals surface area contributed by atoms with E-state index in [4.69, 9.17) is 0 Å². The van der Waals surface area contributed by atoms with Gasteiger partial charge in [0.05, 0.1) is 0 Å². The minimum atomic E-state index is -0.157. The molecule has 0 radical (unpaired) electrons. The lowest BCUT2D eigenvalue weighted by Crippen LogP contribution is -2.13. The molecule has 4 nitrogen and oxygen atoms in total. The highest BCUT2D eigenvalue weighted by Crippen LogP contribution is 1.90. The van der Waals surface area contributed by atoms with Crippen LogP contribution in [0, 0.1) is 0 Å². The zero-order chi connectivity index (χ0) is 7.68. The molecule has 0 saturated heterocycles. The van der Waals surface area contributed by atoms with Gasteiger partial charge in [-0.05, 0) is 12.1 Å². The molecule has 0 aliphatic heterocycles. The lowest BCUT2D eigenvalue weighted by atomic mass is 10.5. The van der Waals surface area contributed by atoms with E-state index in [0.717, 1.165) is 0 Å². The van der Waals surface area contributed by atoms with Gasteiger partial charge in [-0.15, -0.1) is 5.10 Å². The van der Waals surface area contributed by atoms with Crippen molar-refractivity contribution in [1.82, 2.24) is 14.6 Å². The van der Waals surface area contributed by atoms with Crippen LogP contribution in [0.5, 0.6) is 0 Å². The van der Waals surface area contributed by atoms with Crippen LogP contribution >= 0.6 is 0 Å². The predicted molar refractivity (Wildman–Crippen MR) is 39.3 cm³/mol. The van der Waals surface area contributed by atoms with E-state index in [2.05, 4.69) is 10.2 Å². The first-order valence-corrected chi connectivity index (χ1v) is 3.17. The summed E-state index contributed by atoms with van der Waals surface area (Å²) in [6, 6.07) is 5.31. The van der Waals surface area contributed by atoms with Gasteiger partial charge in [0.1, 0.15) is 6.20 Å². The second-order valence-corrected chi connectivity index (χ2v) is 2.11. The Bertz CT molecular complexity index is 429. The van der Waals surface area contributed by atoms with Crippen molar-refractivity contribution in [2.75, 3.05) is 0 Å². The molecular weight excluding hydrogens is 142 g/mol. The molecule has 0 fully saturated rings. The Morgan fingerprint density at radius 3 is 3.09 bits per heavy atom. The molecule has 0 unspecified atom stereocenters. The molecule has 2 heterocycles. The van der Waals surface area contributed by atoms with Gasteiger partial charge in [0, 0.05) is 6.20 Å². The second kappa shape index (κ2) is 2.16. The van der Waals surface area contributed by atoms with Crippen LogP contribution in [0.3, 0.4) is 0 Å². The Labute approximate surface area is 62.1 Å². The van der Waals surface area contributed by atoms with E-state index in [1.807, 2.05) is 6.07 Å². The van der Waals surface area contributed by atoms with Crippen LogP contribution in [0.1, 0.15) is 0 Å². The van der Waals surface area contributed by atoms with E-state index in [1.165, 1.54) is 10.6 Å². The summed E-state index contributed by atoms with van der Waals surface area (Å²) in [5, 5.41) is 7.28. The Morgan fingerprint density at radius 1 is 1.36 bits per heavy atom. The summed E-state index contributed by atoms with van der Waals surface area (Å²) in [5.74, 6) is 0. The van der Waals surface area contributed by atoms with Crippen LogP contribution in [0.25, 0.3) is 5.65 Å². The Kier molecular flexibility index (Phi) is 1.18. The third kappa shape index (κ3) is 0.881. The number of nitrogens with zero attached hydrogens (tertiary/aromatic N) is 3. The minimum absolute atomic E-state index is 0.157. The maximum Gasteiger partial charge on any atom is 0.276 e. The van der Waals surface area contributed by atoms with Gasteiger partial charge in [0.2, 0.25) is 0 Å². The van der Waals surface area contributed by atoms with Crippen molar-refractivity contribution in [2.24, 2.45) is 0 Å². The highest BCUT2D eigenvalue weighted by atomic mass is 16.1. The Morgan fingerprint density at radius 2 is 2.27 bits per heavy atom. The molecule has 0 atom stereocenters. The van der Waals surface area contributed by atoms with E-state index < -0.39 is 0 Å². The van der Waals surface area contributed by atoms with E-state index in [0.29, 0.717) is 5.65 Å². The molecule has 0 amide bonds. The van der Waals surface area contributed by atoms with Crippen LogP contribution in [-0.2, 0) is 0 Å². The molecule has 2 aromatic rings. The summed E-state index contributed by atoms with van der Waals surface area (Å²) in [5.41, 5.74) is 0.413. The van der Waals surface area contributed by atoms with Crippen LogP contribution in [0.15, 0.2) is 35.4 Å². The molecule has 0 N–H and O–H groups in total. The van der Waals surface area contributed by atoms with Crippen LogP contribution in [0.4, 0.5) is 0 Å². The zero-order valence-electron chi connectivity index (χ0n) is 5.64. The third-order valence-electron chi connectivity index (χ3n) is 1.40. The van der Waals surface area contributed by atoms with Crippen molar-refractivity contribution in [1.29, 1.82) is 0 Å². The van der Waals surface area contributed by atoms with E-state index >= 15 is 0 Å². The molecule has 2 aromatic heterocycles. The highest BCUT2D eigenvalue weighted by Gasteiger charge is 1.92. The molecule has 0 saturated carbocycles. The van der Waals surface area contributed by atoms with Crippen LogP contribution in [0.2, 0.25) is 0 Å². The number of rotatable bonds is 0. The summed E-state index contributed by atoms with van der Waals surface area (Å²) < 4.78 is 1.44. The number of hydrogen-bond acceptors (Lipinski definition) is 3. The molecule has 0 bridgehead atoms. The Hall–Kier alpha value is -1.71. The van der Waals surface area contributed by atoms with Gasteiger partial charge in [0.25, 0.3) is 5.56 Å². The molecule has 4 heteroatoms. The zero-order valence-corrected chi connectivity index (χ0v) is 5.64. The second-order valence-electron chi connectivity index (χ2n) is 2.11. The lowest BCUT2D eigenvalue weighted by Gasteiger charge is -1.93. The van der Waals surface area contributed by atoms with Gasteiger partial charge in [-0.1, -0.05) is 6.07 Å². The average Bonchev–Trinajstić information content (AvgIpc) is 2.06. The first-order valence-electron chi connectivity index (χ1n) is 3.17. The normalized spacial score (nSPS) is 10.2. The summed E-state index contributed by atoms with van der Waals surface area (Å²) in [6.45, 7) is 0. The molecule has 0 aliphatic carbocycles. The van der Waals surface area contributed by atoms with Gasteiger partial charge >= 0.3 is 0 Å². The summed E-state index contributed by atoms with van der Waals surface area (Å²) in [6.07, 6.45) is 2.85. The third-order valence-corrected chi connectivity index (χ3v) is 1.40. The van der Waals surface area contributed by atoms with Crippen molar-refractivity contribution >= 4 is 5.65 Å². The standard InChI is InChI=1S/C7H5N3O/c11-7-5-8-9-6-3-1-2-4-10(6)7/h1-5H. The molecule has 2 rings (SSSR count). The number of fused-ring (bicyclic) bond motifs is 1. The summed E-state index contributed by atoms with van der Waals surface area (Å²) in [7, 11) is 0. The number of aromatic nitrogens is 3. The van der Waals surface area contributed by atoms with Crippen LogP contribution < -0.4 is 5.56 Å². The SMILES string of the molecule is O=c1cnnc2ccccn12. The molecule has 0 spiro atoms. The molecular formula is C7H5N3O. The van der Waals surface area contributed by atoms with Crippen molar-refractivity contribution < 1.29 is 0 Å². The quantitative estimate of drug-likeness (QED) is 0.530. The number of pyridine rings is 1. The fourth-order valence-electron chi connectivity index (χ4n) is 0.902. The lowest BCUT2D eigenvalue weighted by molar-refractivity contribution is 0.934. The smallest absolute Gasteiger partial charge is 0.267 e. The van der Waals surface area contributed by atoms with Gasteiger partial charge in [0.15, 0.2) is 5.65 Å². The van der Waals surface area contributed by atoms with E-state index in [9.17, 15) is 4.79 Å². The van der Waals surface area contributed by atoms with Crippen molar-refractivity contribution in [3.8, 4) is 0 Å². The first kappa shape index (κ1) is 6.03. The Balaban J connectivity index is 3.03. The highest BCUT2D eigenvalue weighted by molar-refractivity contribution is 5.34. The monoisotopic (exact) mass is 147 g/mol. The van der Waals surface area contributed by atoms with Crippen LogP contribution in [-0.4, -0.2) is 14.6 Å². The first-order chi connectivity index (χ1) is 5.38. The maximum absolute atomic E-state index is 11.0. The summed E-state index contributed by atoms with van der Waals surface area (Å²) in [4.78, 5) is 11.0. The van der Waals surface area contributed by atoms with E-state index in [1.54, 1.807) is 18.3 Å². The van der Waals surface area contributed by atoms with Crippen molar-refractivity contribution in [3.05, 3.63) is 40.9 Å². The molecule has 0 aromatic carbocycles. The molecule has 54 valence electrons. The topological polar surface area (TPSA) is 47.3 Å². The maximum atomic E-state index is 11.0. The van der Waals surface area contributed by atoms with Crippen molar-refractivity contribution in [2.45, 2.75) is 0 Å². The van der Waals surface area contributed by atoms with Gasteiger partial charge in [-0.3, -0.25) is 9.20 Å². The molecule has 11 heavy (non-hydrogen) atoms.